The molecule has 0 atom stereocenters. The van der Waals surface area contributed by atoms with Gasteiger partial charge >= 0.3 is 6.73 Å². The first-order chi connectivity index (χ1) is 4.65. The molecule has 0 saturated heterocycles. The van der Waals surface area contributed by atoms with E-state index in [1.165, 1.54) is 12.2 Å². The first-order valence-corrected chi connectivity index (χ1v) is 7.45. The molecule has 0 aliphatic rings. The van der Waals surface area contributed by atoms with Crippen molar-refractivity contribution in [3.63, 3.8) is 0 Å². The topological polar surface area (TPSA) is 29.4 Å². The van der Waals surface area contributed by atoms with Crippen molar-refractivity contribution < 1.29 is 4.79 Å². The number of rotatable bonds is 2. The van der Waals surface area contributed by atoms with Crippen molar-refractivity contribution in [3.8, 4) is 0 Å². The van der Waals surface area contributed by atoms with Crippen LogP contribution in [0.25, 0.3) is 0 Å². The second-order valence-corrected chi connectivity index (χ2v) is 7.40. The minimum atomic E-state index is -1.72. The predicted octanol–water partition coefficient (Wildman–Crippen LogP) is 1.93. The lowest BCUT2D eigenvalue weighted by molar-refractivity contribution is 0.564. The third-order valence-electron chi connectivity index (χ3n) is 0.285. The van der Waals surface area contributed by atoms with Crippen molar-refractivity contribution in [2.24, 2.45) is 4.99 Å². The molecule has 0 fully saturated rings. The zero-order valence-corrected chi connectivity index (χ0v) is 8.48. The highest BCUT2D eigenvalue weighted by Gasteiger charge is 1.85. The molecule has 0 amide bonds. The maximum absolute atomic E-state index is 9.22. The summed E-state index contributed by atoms with van der Waals surface area (Å²) < 4.78 is 0. The SMILES string of the molecule is C=CCN=C=O.Cl[SiH](Cl)Cl. The predicted molar refractivity (Wildman–Crippen MR) is 47.9 cm³/mol. The van der Waals surface area contributed by atoms with Crippen LogP contribution in [-0.2, 0) is 4.79 Å². The van der Waals surface area contributed by atoms with Gasteiger partial charge in [0.2, 0.25) is 6.08 Å². The van der Waals surface area contributed by atoms with Crippen LogP contribution in [0.15, 0.2) is 17.6 Å². The molecule has 0 rings (SSSR count). The largest absolute Gasteiger partial charge is 0.326 e. The minimum absolute atomic E-state index is 0.378. The van der Waals surface area contributed by atoms with Crippen molar-refractivity contribution in [3.05, 3.63) is 12.7 Å². The summed E-state index contributed by atoms with van der Waals surface area (Å²) >= 11 is 14.8. The normalized spacial score (nSPS) is 7.20. The van der Waals surface area contributed by atoms with Crippen LogP contribution < -0.4 is 0 Å². The molecule has 0 bridgehead atoms. The van der Waals surface area contributed by atoms with E-state index in [1.54, 1.807) is 0 Å². The van der Waals surface area contributed by atoms with E-state index in [0.717, 1.165) is 0 Å². The fraction of sp³-hybridized carbons (Fsp3) is 0.250. The smallest absolute Gasteiger partial charge is 0.211 e. The molecule has 0 heterocycles. The van der Waals surface area contributed by atoms with Crippen molar-refractivity contribution in [2.75, 3.05) is 6.54 Å². The maximum atomic E-state index is 9.22. The summed E-state index contributed by atoms with van der Waals surface area (Å²) in [5.74, 6) is 0. The summed E-state index contributed by atoms with van der Waals surface area (Å²) in [6, 6.07) is 0. The first-order valence-electron chi connectivity index (χ1n) is 2.22. The molecule has 58 valence electrons. The number of aliphatic imine (C=N–C) groups is 1. The summed E-state index contributed by atoms with van der Waals surface area (Å²) in [4.78, 5) is 12.4. The molecule has 0 N–H and O–H groups in total. The Bertz CT molecular complexity index is 121. The molecule has 0 aliphatic heterocycles. The molecule has 0 aliphatic carbocycles. The molecule has 0 radical (unpaired) electrons. The monoisotopic (exact) mass is 217 g/mol. The van der Waals surface area contributed by atoms with Gasteiger partial charge in [0, 0.05) is 0 Å². The van der Waals surface area contributed by atoms with Gasteiger partial charge in [-0.2, -0.15) is 0 Å². The van der Waals surface area contributed by atoms with Gasteiger partial charge in [-0.15, -0.1) is 39.8 Å². The number of carbonyl (C=O) groups excluding carboxylic acids is 1. The molecule has 0 spiro atoms. The summed E-state index contributed by atoms with van der Waals surface area (Å²) in [6.45, 7) is 1.98. The van der Waals surface area contributed by atoms with Gasteiger partial charge in [0.15, 0.2) is 0 Å². The van der Waals surface area contributed by atoms with Gasteiger partial charge in [0.05, 0.1) is 6.54 Å². The lowest BCUT2D eigenvalue weighted by atomic mass is 10.7. The van der Waals surface area contributed by atoms with Crippen molar-refractivity contribution in [1.29, 1.82) is 0 Å². The molecule has 0 saturated carbocycles. The standard InChI is InChI=1S/C4H5NO.Cl3HSi/c1-2-3-5-4-6;1-4(2)3/h2H,1,3H2;4H. The van der Waals surface area contributed by atoms with Crippen LogP contribution in [0.5, 0.6) is 0 Å². The number of halogens is 3. The van der Waals surface area contributed by atoms with Crippen molar-refractivity contribution in [1.82, 2.24) is 0 Å². The molecule has 0 aromatic carbocycles. The summed E-state index contributed by atoms with van der Waals surface area (Å²) in [6.07, 6.45) is 2.90. The lowest BCUT2D eigenvalue weighted by Crippen LogP contribution is -1.66. The van der Waals surface area contributed by atoms with Crippen molar-refractivity contribution in [2.45, 2.75) is 0 Å². The number of isocyanates is 1. The minimum Gasteiger partial charge on any atom is -0.211 e. The second-order valence-electron chi connectivity index (χ2n) is 0.968. The van der Waals surface area contributed by atoms with E-state index in [0.29, 0.717) is 6.54 Å². The van der Waals surface area contributed by atoms with Gasteiger partial charge < -0.3 is 0 Å². The average molecular weight is 219 g/mol. The molecule has 2 nitrogen and oxygen atoms in total. The third kappa shape index (κ3) is 41.4. The molecule has 0 aromatic heterocycles. The van der Waals surface area contributed by atoms with Gasteiger partial charge in [-0.05, 0) is 0 Å². The quantitative estimate of drug-likeness (QED) is 0.229. The molecule has 10 heavy (non-hydrogen) atoms. The first kappa shape index (κ1) is 12.8. The van der Waals surface area contributed by atoms with Crippen LogP contribution in [0.1, 0.15) is 0 Å². The van der Waals surface area contributed by atoms with Gasteiger partial charge in [0.1, 0.15) is 0 Å². The van der Waals surface area contributed by atoms with Crippen LogP contribution >= 0.6 is 33.2 Å². The van der Waals surface area contributed by atoms with E-state index >= 15 is 0 Å². The Balaban J connectivity index is 0. The zero-order chi connectivity index (χ0) is 8.41. The molecule has 6 heteroatoms. The summed E-state index contributed by atoms with van der Waals surface area (Å²) in [5.41, 5.74) is 0. The molecular formula is C4H6Cl3NOSi. The third-order valence-corrected chi connectivity index (χ3v) is 0.285. The Labute approximate surface area is 75.2 Å². The van der Waals surface area contributed by atoms with Crippen LogP contribution in [0.4, 0.5) is 0 Å². The fourth-order valence-electron chi connectivity index (χ4n) is 0.102. The van der Waals surface area contributed by atoms with Crippen molar-refractivity contribution >= 4 is 46.0 Å². The number of nitrogens with zero attached hydrogens (tertiary/aromatic N) is 1. The lowest BCUT2D eigenvalue weighted by Gasteiger charge is -1.65. The Kier molecular flexibility index (Phi) is 15.3. The highest BCUT2D eigenvalue weighted by molar-refractivity contribution is 7.54. The highest BCUT2D eigenvalue weighted by Crippen LogP contribution is 1.97. The van der Waals surface area contributed by atoms with Gasteiger partial charge in [0.25, 0.3) is 0 Å². The van der Waals surface area contributed by atoms with Crippen LogP contribution in [0.3, 0.4) is 0 Å². The Hall–Kier alpha value is 0.207. The van der Waals surface area contributed by atoms with E-state index in [9.17, 15) is 4.79 Å². The summed E-state index contributed by atoms with van der Waals surface area (Å²) in [5, 5.41) is 0. The van der Waals surface area contributed by atoms with Crippen LogP contribution in [0, 0.1) is 0 Å². The van der Waals surface area contributed by atoms with E-state index in [1.807, 2.05) is 0 Å². The summed E-state index contributed by atoms with van der Waals surface area (Å²) in [7, 11) is 0. The van der Waals surface area contributed by atoms with E-state index in [-0.39, 0.29) is 0 Å². The van der Waals surface area contributed by atoms with E-state index in [4.69, 9.17) is 33.2 Å². The van der Waals surface area contributed by atoms with E-state index in [2.05, 4.69) is 11.6 Å². The Morgan fingerprint density at radius 1 is 1.60 bits per heavy atom. The molecule has 0 aromatic rings. The molecule has 0 unspecified atom stereocenters. The number of hydrogen-bond acceptors (Lipinski definition) is 2. The van der Waals surface area contributed by atoms with E-state index < -0.39 is 6.73 Å². The Morgan fingerprint density at radius 3 is 2.10 bits per heavy atom. The fourth-order valence-corrected chi connectivity index (χ4v) is 0.102. The average Bonchev–Trinajstić information content (AvgIpc) is 1.82. The van der Waals surface area contributed by atoms with Crippen LogP contribution in [-0.4, -0.2) is 19.4 Å². The number of hydrogen-bond donors (Lipinski definition) is 0. The Morgan fingerprint density at radius 2 is 2.00 bits per heavy atom. The zero-order valence-electron chi connectivity index (χ0n) is 5.06. The maximum Gasteiger partial charge on any atom is 0.326 e. The second kappa shape index (κ2) is 11.9. The molecular weight excluding hydrogens is 212 g/mol. The van der Waals surface area contributed by atoms with Gasteiger partial charge in [-0.3, -0.25) is 0 Å². The highest BCUT2D eigenvalue weighted by atomic mass is 35.8. The van der Waals surface area contributed by atoms with Crippen LogP contribution in [0.2, 0.25) is 0 Å². The van der Waals surface area contributed by atoms with Gasteiger partial charge in [-0.25, -0.2) is 9.79 Å². The van der Waals surface area contributed by atoms with Gasteiger partial charge in [-0.1, -0.05) is 6.08 Å².